The van der Waals surface area contributed by atoms with E-state index in [0.29, 0.717) is 18.7 Å². The van der Waals surface area contributed by atoms with Crippen LogP contribution in [-0.2, 0) is 4.79 Å². The molecule has 0 saturated carbocycles. The molecule has 2 fully saturated rings. The Hall–Kier alpha value is -4.08. The lowest BCUT2D eigenvalue weighted by Gasteiger charge is -2.56. The van der Waals surface area contributed by atoms with Crippen molar-refractivity contribution in [2.24, 2.45) is 0 Å². The Bertz CT molecular complexity index is 1600. The van der Waals surface area contributed by atoms with Crippen molar-refractivity contribution in [3.8, 4) is 28.0 Å². The van der Waals surface area contributed by atoms with Crippen LogP contribution in [0, 0.1) is 11.3 Å². The Morgan fingerprint density at radius 1 is 1.21 bits per heavy atom. The van der Waals surface area contributed by atoms with Gasteiger partial charge < -0.3 is 20.2 Å². The first-order valence-electron chi connectivity index (χ1n) is 12.9. The molecule has 39 heavy (non-hydrogen) atoms. The third-order valence-corrected chi connectivity index (χ3v) is 8.08. The fraction of sp³-hybridized carbons (Fsp3) is 0.407. The highest BCUT2D eigenvalue weighted by atomic mass is 32.1. The fourth-order valence-corrected chi connectivity index (χ4v) is 6.37. The number of hydrogen-bond donors (Lipinski definition) is 2. The zero-order valence-corrected chi connectivity index (χ0v) is 23.0. The highest BCUT2D eigenvalue weighted by molar-refractivity contribution is 7.18. The highest BCUT2D eigenvalue weighted by Crippen LogP contribution is 2.42. The summed E-state index contributed by atoms with van der Waals surface area (Å²) < 4.78 is 1.78. The summed E-state index contributed by atoms with van der Waals surface area (Å²) in [7, 11) is 0. The number of hydrogen-bond acceptors (Lipinski definition) is 10. The van der Waals surface area contributed by atoms with Gasteiger partial charge in [-0.25, -0.2) is 4.52 Å². The molecule has 12 heteroatoms. The predicted octanol–water partition coefficient (Wildman–Crippen LogP) is 3.17. The first-order chi connectivity index (χ1) is 18.6. The molecule has 2 bridgehead atoms. The van der Waals surface area contributed by atoms with Crippen LogP contribution in [0.3, 0.4) is 0 Å². The molecular formula is C27H29N9O2S. The number of carbonyl (C=O) groups is 1. The number of piperazine rings is 1. The lowest BCUT2D eigenvalue weighted by atomic mass is 9.87. The molecule has 2 atom stereocenters. The molecule has 2 unspecified atom stereocenters. The predicted molar refractivity (Wildman–Crippen MR) is 148 cm³/mol. The number of nitrogens with zero attached hydrogens (tertiary/aromatic N) is 8. The SMILES string of the molecule is CC(C)Nc1cc(-c2ccc3cc(C#N)cnn23)ncc1-c1nnc(N2C3CC2CN(C(=O)C(C)(C)O)C3)s1. The Labute approximate surface area is 229 Å². The second-order valence-electron chi connectivity index (χ2n) is 10.9. The molecule has 0 spiro atoms. The molecule has 4 aromatic heterocycles. The van der Waals surface area contributed by atoms with E-state index in [1.165, 1.54) is 25.2 Å². The second kappa shape index (κ2) is 9.29. The highest BCUT2D eigenvalue weighted by Gasteiger charge is 2.49. The summed E-state index contributed by atoms with van der Waals surface area (Å²) in [5.41, 5.74) is 3.29. The number of carbonyl (C=O) groups excluding carboxylic acids is 1. The first-order valence-corrected chi connectivity index (χ1v) is 13.7. The largest absolute Gasteiger partial charge is 0.382 e. The van der Waals surface area contributed by atoms with E-state index in [-0.39, 0.29) is 24.0 Å². The van der Waals surface area contributed by atoms with E-state index in [2.05, 4.69) is 45.4 Å². The fourth-order valence-electron chi connectivity index (χ4n) is 5.35. The summed E-state index contributed by atoms with van der Waals surface area (Å²) in [6.45, 7) is 8.36. The number of aromatic nitrogens is 5. The van der Waals surface area contributed by atoms with Gasteiger partial charge in [0.05, 0.1) is 46.3 Å². The summed E-state index contributed by atoms with van der Waals surface area (Å²) in [5.74, 6) is -0.234. The van der Waals surface area contributed by atoms with Gasteiger partial charge in [-0.2, -0.15) is 10.4 Å². The number of likely N-dealkylation sites (tertiary alicyclic amines) is 1. The van der Waals surface area contributed by atoms with Crippen LogP contribution in [0.1, 0.15) is 39.7 Å². The summed E-state index contributed by atoms with van der Waals surface area (Å²) in [4.78, 5) is 21.3. The van der Waals surface area contributed by atoms with Gasteiger partial charge in [0.15, 0.2) is 5.01 Å². The van der Waals surface area contributed by atoms with E-state index in [1.54, 1.807) is 21.7 Å². The van der Waals surface area contributed by atoms with Gasteiger partial charge in [0.1, 0.15) is 11.7 Å². The molecule has 2 N–H and O–H groups in total. The standard InChI is InChI=1S/C27H29N9O2S/c1-15(2)31-21-9-22(23-6-5-17-7-16(10-28)11-30-36(17)23)29-12-20(21)24-32-33-26(39-24)35-18-8-19(35)14-34(13-18)25(37)27(3,4)38/h5-7,9,11-12,15,18-19,38H,8,13-14H2,1-4H3,(H,29,31). The number of nitriles is 1. The smallest absolute Gasteiger partial charge is 0.254 e. The Morgan fingerprint density at radius 3 is 2.67 bits per heavy atom. The van der Waals surface area contributed by atoms with Gasteiger partial charge >= 0.3 is 0 Å². The van der Waals surface area contributed by atoms with Crippen molar-refractivity contribution in [3.05, 3.63) is 42.2 Å². The number of fused-ring (bicyclic) bond motifs is 3. The zero-order valence-electron chi connectivity index (χ0n) is 22.2. The number of aliphatic hydroxyl groups is 1. The summed E-state index contributed by atoms with van der Waals surface area (Å²) >= 11 is 1.52. The van der Waals surface area contributed by atoms with Gasteiger partial charge in [0, 0.05) is 31.0 Å². The molecule has 2 aliphatic heterocycles. The normalized spacial score (nSPS) is 18.8. The number of piperidine rings is 1. The number of rotatable bonds is 6. The quantitative estimate of drug-likeness (QED) is 0.376. The maximum Gasteiger partial charge on any atom is 0.254 e. The number of nitrogens with one attached hydrogen (secondary N) is 1. The third kappa shape index (κ3) is 4.47. The van der Waals surface area contributed by atoms with Crippen LogP contribution in [0.5, 0.6) is 0 Å². The molecule has 200 valence electrons. The van der Waals surface area contributed by atoms with Crippen molar-refractivity contribution >= 4 is 33.6 Å². The van der Waals surface area contributed by atoms with Crippen molar-refractivity contribution in [3.63, 3.8) is 0 Å². The van der Waals surface area contributed by atoms with Gasteiger partial charge in [-0.15, -0.1) is 10.2 Å². The van der Waals surface area contributed by atoms with Gasteiger partial charge in [-0.3, -0.25) is 9.78 Å². The van der Waals surface area contributed by atoms with Crippen molar-refractivity contribution in [1.82, 2.24) is 29.7 Å². The lowest BCUT2D eigenvalue weighted by Crippen LogP contribution is -2.71. The van der Waals surface area contributed by atoms with E-state index >= 15 is 0 Å². The molecule has 4 aromatic rings. The molecule has 0 radical (unpaired) electrons. The van der Waals surface area contributed by atoms with E-state index < -0.39 is 5.60 Å². The molecule has 0 aliphatic carbocycles. The third-order valence-electron chi connectivity index (χ3n) is 7.11. The number of anilines is 2. The molecule has 6 rings (SSSR count). The molecule has 2 aliphatic rings. The molecule has 2 saturated heterocycles. The van der Waals surface area contributed by atoms with E-state index in [0.717, 1.165) is 44.7 Å². The molecule has 6 heterocycles. The Morgan fingerprint density at radius 2 is 1.97 bits per heavy atom. The van der Waals surface area contributed by atoms with Crippen molar-refractivity contribution in [2.75, 3.05) is 23.3 Å². The maximum atomic E-state index is 12.6. The Kier molecular flexibility index (Phi) is 6.00. The van der Waals surface area contributed by atoms with E-state index in [4.69, 9.17) is 4.98 Å². The molecule has 0 aromatic carbocycles. The average molecular weight is 544 g/mol. The zero-order chi connectivity index (χ0) is 27.5. The number of amides is 1. The monoisotopic (exact) mass is 543 g/mol. The van der Waals surface area contributed by atoms with Crippen molar-refractivity contribution < 1.29 is 9.90 Å². The van der Waals surface area contributed by atoms with Crippen LogP contribution >= 0.6 is 11.3 Å². The lowest BCUT2D eigenvalue weighted by molar-refractivity contribution is -0.151. The summed E-state index contributed by atoms with van der Waals surface area (Å²) in [5, 5.41) is 37.9. The minimum Gasteiger partial charge on any atom is -0.382 e. The van der Waals surface area contributed by atoms with E-state index in [9.17, 15) is 15.2 Å². The van der Waals surface area contributed by atoms with Crippen LogP contribution in [0.2, 0.25) is 0 Å². The van der Waals surface area contributed by atoms with E-state index in [1.807, 2.05) is 24.4 Å². The van der Waals surface area contributed by atoms with Gasteiger partial charge in [-0.05, 0) is 58.4 Å². The Balaban J connectivity index is 1.28. The summed E-state index contributed by atoms with van der Waals surface area (Å²) in [6, 6.07) is 10.3. The van der Waals surface area contributed by atoms with Crippen molar-refractivity contribution in [2.45, 2.75) is 57.8 Å². The first kappa shape index (κ1) is 25.2. The molecule has 11 nitrogen and oxygen atoms in total. The topological polar surface area (TPSA) is 136 Å². The van der Waals surface area contributed by atoms with Crippen LogP contribution in [0.15, 0.2) is 36.7 Å². The second-order valence-corrected chi connectivity index (χ2v) is 11.9. The minimum atomic E-state index is -1.37. The van der Waals surface area contributed by atoms with Crippen LogP contribution < -0.4 is 10.2 Å². The van der Waals surface area contributed by atoms with Gasteiger partial charge in [0.25, 0.3) is 5.91 Å². The van der Waals surface area contributed by atoms with Crippen LogP contribution in [-0.4, -0.2) is 77.5 Å². The minimum absolute atomic E-state index is 0.168. The average Bonchev–Trinajstić information content (AvgIpc) is 3.54. The van der Waals surface area contributed by atoms with Crippen molar-refractivity contribution in [1.29, 1.82) is 5.26 Å². The van der Waals surface area contributed by atoms with Crippen LogP contribution in [0.4, 0.5) is 10.8 Å². The van der Waals surface area contributed by atoms with Gasteiger partial charge in [-0.1, -0.05) is 11.3 Å². The molecule has 1 amide bonds. The molecular weight excluding hydrogens is 514 g/mol. The van der Waals surface area contributed by atoms with Crippen LogP contribution in [0.25, 0.3) is 27.5 Å². The van der Waals surface area contributed by atoms with Gasteiger partial charge in [0.2, 0.25) is 5.13 Å². The summed E-state index contributed by atoms with van der Waals surface area (Å²) in [6.07, 6.45) is 4.36. The maximum absolute atomic E-state index is 12.6. The number of pyridine rings is 1.